The Morgan fingerprint density at radius 1 is 1.42 bits per heavy atom. The van der Waals surface area contributed by atoms with Gasteiger partial charge in [0.1, 0.15) is 11.5 Å². The number of carbonyl (C=O) groups excluding carboxylic acids is 2. The first-order valence-corrected chi connectivity index (χ1v) is 9.63. The van der Waals surface area contributed by atoms with E-state index in [0.29, 0.717) is 16.9 Å². The summed E-state index contributed by atoms with van der Waals surface area (Å²) in [6.07, 6.45) is 3.38. The molecule has 2 aliphatic rings. The Morgan fingerprint density at radius 2 is 2.12 bits per heavy atom. The maximum absolute atomic E-state index is 13.1. The topological polar surface area (TPSA) is 66.8 Å². The molecule has 0 bridgehead atoms. The minimum atomic E-state index is -1.79. The third kappa shape index (κ3) is 2.35. The van der Waals surface area contributed by atoms with Crippen LogP contribution >= 0.6 is 39.1 Å². The fourth-order valence-corrected chi connectivity index (χ4v) is 4.95. The van der Waals surface area contributed by atoms with Crippen molar-refractivity contribution in [2.75, 3.05) is 12.6 Å². The Morgan fingerprint density at radius 3 is 2.65 bits per heavy atom. The van der Waals surface area contributed by atoms with Crippen LogP contribution in [0.3, 0.4) is 0 Å². The number of hydrogen-bond donors (Lipinski definition) is 1. The lowest BCUT2D eigenvalue weighted by molar-refractivity contribution is -0.138. The monoisotopic (exact) mass is 459 g/mol. The Balaban J connectivity index is 2.26. The smallest absolute Gasteiger partial charge is 0.254 e. The highest BCUT2D eigenvalue weighted by molar-refractivity contribution is 9.09. The number of rotatable bonds is 4. The van der Waals surface area contributed by atoms with E-state index in [1.807, 2.05) is 0 Å². The van der Waals surface area contributed by atoms with Crippen molar-refractivity contribution in [3.63, 3.8) is 0 Å². The summed E-state index contributed by atoms with van der Waals surface area (Å²) < 4.78 is 5.11. The zero-order valence-electron chi connectivity index (χ0n) is 13.8. The summed E-state index contributed by atoms with van der Waals surface area (Å²) in [5.41, 5.74) is 0.974. The number of nitrogens with zero attached hydrogens (tertiary/aromatic N) is 1. The molecule has 1 fully saturated rings. The Bertz CT molecular complexity index is 842. The van der Waals surface area contributed by atoms with Gasteiger partial charge in [0.05, 0.1) is 12.6 Å². The van der Waals surface area contributed by atoms with Crippen LogP contribution in [0.15, 0.2) is 42.5 Å². The molecule has 1 aromatic rings. The second-order valence-corrected chi connectivity index (χ2v) is 7.88. The van der Waals surface area contributed by atoms with Crippen molar-refractivity contribution in [2.24, 2.45) is 0 Å². The van der Waals surface area contributed by atoms with Crippen LogP contribution in [0.1, 0.15) is 17.9 Å². The van der Waals surface area contributed by atoms with E-state index < -0.39 is 27.5 Å². The molecule has 0 radical (unpaired) electrons. The van der Waals surface area contributed by atoms with Crippen molar-refractivity contribution >= 4 is 50.9 Å². The number of aromatic hydroxyl groups is 1. The molecule has 5 nitrogen and oxygen atoms in total. The van der Waals surface area contributed by atoms with Gasteiger partial charge in [-0.05, 0) is 18.1 Å². The number of hydrogen-bond acceptors (Lipinski definition) is 4. The fraction of sp³-hybridized carbons (Fsp3) is 0.333. The number of allylic oxidation sites excluding steroid dienone is 3. The molecule has 1 aliphatic heterocycles. The number of halogens is 3. The maximum atomic E-state index is 13.1. The zero-order valence-corrected chi connectivity index (χ0v) is 16.9. The van der Waals surface area contributed by atoms with Crippen LogP contribution in [0.5, 0.6) is 11.5 Å². The molecule has 0 unspecified atom stereocenters. The van der Waals surface area contributed by atoms with E-state index >= 15 is 0 Å². The standard InChI is InChI=1S/C18H16BrCl2NO4/c1-3-10-6-7-17(20)15(24)22(9-19)16(25)18(17,21)14(10)12-5-4-11(26-2)8-13(12)23/h3-6,8,14,23H,1,7,9H2,2H3/t14-,17-,18+/m1/s1. The molecule has 1 aliphatic carbocycles. The SMILES string of the molecule is C=CC1=CC[C@@]2(Cl)C(=O)N(CBr)C(=O)[C@@]2(Cl)[C@H]1c1ccc(OC)cc1O. The van der Waals surface area contributed by atoms with E-state index in [9.17, 15) is 14.7 Å². The van der Waals surface area contributed by atoms with Gasteiger partial charge in [-0.15, -0.1) is 23.2 Å². The predicted molar refractivity (Wildman–Crippen MR) is 103 cm³/mol. The van der Waals surface area contributed by atoms with Crippen LogP contribution in [-0.2, 0) is 9.59 Å². The minimum absolute atomic E-state index is 0.0155. The predicted octanol–water partition coefficient (Wildman–Crippen LogP) is 3.68. The maximum Gasteiger partial charge on any atom is 0.254 e. The van der Waals surface area contributed by atoms with Gasteiger partial charge >= 0.3 is 0 Å². The van der Waals surface area contributed by atoms with Crippen molar-refractivity contribution in [1.29, 1.82) is 0 Å². The molecular formula is C18H16BrCl2NO4. The van der Waals surface area contributed by atoms with Crippen LogP contribution in [0, 0.1) is 0 Å². The molecule has 0 spiro atoms. The van der Waals surface area contributed by atoms with Crippen molar-refractivity contribution in [3.05, 3.63) is 48.1 Å². The second kappa shape index (κ2) is 6.59. The number of alkyl halides is 3. The minimum Gasteiger partial charge on any atom is -0.508 e. The lowest BCUT2D eigenvalue weighted by atomic mass is 9.68. The van der Waals surface area contributed by atoms with Gasteiger partial charge in [0.25, 0.3) is 11.8 Å². The largest absolute Gasteiger partial charge is 0.508 e. The van der Waals surface area contributed by atoms with Crippen molar-refractivity contribution in [1.82, 2.24) is 4.90 Å². The number of ether oxygens (including phenoxy) is 1. The lowest BCUT2D eigenvalue weighted by Gasteiger charge is -2.42. The van der Waals surface area contributed by atoms with E-state index in [4.69, 9.17) is 27.9 Å². The fourth-order valence-electron chi connectivity index (χ4n) is 3.62. The number of imide groups is 1. The molecule has 3 rings (SSSR count). The summed E-state index contributed by atoms with van der Waals surface area (Å²) in [5, 5.41) is 10.5. The third-order valence-electron chi connectivity index (χ3n) is 4.97. The Labute approximate surface area is 169 Å². The molecule has 1 aromatic carbocycles. The molecule has 138 valence electrons. The van der Waals surface area contributed by atoms with E-state index in [1.54, 1.807) is 24.3 Å². The van der Waals surface area contributed by atoms with Crippen LogP contribution in [0.4, 0.5) is 0 Å². The highest BCUT2D eigenvalue weighted by atomic mass is 79.9. The molecule has 8 heteroatoms. The molecule has 1 heterocycles. The quantitative estimate of drug-likeness (QED) is 0.422. The van der Waals surface area contributed by atoms with E-state index in [1.165, 1.54) is 13.2 Å². The van der Waals surface area contributed by atoms with Crippen LogP contribution < -0.4 is 4.74 Å². The van der Waals surface area contributed by atoms with Gasteiger partial charge in [0, 0.05) is 17.5 Å². The first kappa shape index (κ1) is 19.3. The van der Waals surface area contributed by atoms with Gasteiger partial charge in [0.15, 0.2) is 9.75 Å². The van der Waals surface area contributed by atoms with Crippen LogP contribution in [-0.4, -0.2) is 44.1 Å². The van der Waals surface area contributed by atoms with E-state index in [2.05, 4.69) is 22.5 Å². The average molecular weight is 461 g/mol. The molecular weight excluding hydrogens is 445 g/mol. The van der Waals surface area contributed by atoms with Gasteiger partial charge in [0.2, 0.25) is 0 Å². The van der Waals surface area contributed by atoms with Crippen molar-refractivity contribution in [3.8, 4) is 11.5 Å². The zero-order chi connectivity index (χ0) is 19.3. The highest BCUT2D eigenvalue weighted by Crippen LogP contribution is 2.60. The highest BCUT2D eigenvalue weighted by Gasteiger charge is 2.72. The number of benzene rings is 1. The summed E-state index contributed by atoms with van der Waals surface area (Å²) in [7, 11) is 1.48. The third-order valence-corrected chi connectivity index (χ3v) is 6.89. The van der Waals surface area contributed by atoms with Crippen molar-refractivity contribution < 1.29 is 19.4 Å². The van der Waals surface area contributed by atoms with Gasteiger partial charge in [-0.2, -0.15) is 0 Å². The van der Waals surface area contributed by atoms with Gasteiger partial charge in [-0.25, -0.2) is 0 Å². The second-order valence-electron chi connectivity index (χ2n) is 6.14. The van der Waals surface area contributed by atoms with Gasteiger partial charge in [-0.1, -0.05) is 40.7 Å². The first-order valence-electron chi connectivity index (χ1n) is 7.75. The van der Waals surface area contributed by atoms with Gasteiger partial charge < -0.3 is 9.84 Å². The number of carbonyl (C=O) groups is 2. The Hall–Kier alpha value is -1.50. The summed E-state index contributed by atoms with van der Waals surface area (Å²) >= 11 is 16.7. The number of fused-ring (bicyclic) bond motifs is 1. The van der Waals surface area contributed by atoms with Gasteiger partial charge in [-0.3, -0.25) is 14.5 Å². The molecule has 2 amide bonds. The molecule has 0 aromatic heterocycles. The first-order chi connectivity index (χ1) is 12.3. The lowest BCUT2D eigenvalue weighted by Crippen LogP contribution is -2.54. The van der Waals surface area contributed by atoms with E-state index in [0.717, 1.165) is 4.90 Å². The molecule has 26 heavy (non-hydrogen) atoms. The summed E-state index contributed by atoms with van der Waals surface area (Å²) in [4.78, 5) is 23.4. The molecule has 3 atom stereocenters. The average Bonchev–Trinajstić information content (AvgIpc) is 2.78. The summed E-state index contributed by atoms with van der Waals surface area (Å²) in [5.74, 6) is -1.68. The number of methoxy groups -OCH3 is 1. The van der Waals surface area contributed by atoms with Crippen LogP contribution in [0.2, 0.25) is 0 Å². The Kier molecular flexibility index (Phi) is 4.88. The van der Waals surface area contributed by atoms with Crippen LogP contribution in [0.25, 0.3) is 0 Å². The normalized spacial score (nSPS) is 30.8. The van der Waals surface area contributed by atoms with Crippen molar-refractivity contribution in [2.45, 2.75) is 22.1 Å². The molecule has 0 saturated carbocycles. The number of likely N-dealkylation sites (tertiary alicyclic amines) is 1. The molecule has 1 N–H and O–H groups in total. The molecule has 1 saturated heterocycles. The number of phenols is 1. The summed E-state index contributed by atoms with van der Waals surface area (Å²) in [6.45, 7) is 3.78. The summed E-state index contributed by atoms with van der Waals surface area (Å²) in [6, 6.07) is 4.67. The number of phenolic OH excluding ortho intramolecular Hbond substituents is 1. The number of amides is 2. The van der Waals surface area contributed by atoms with E-state index in [-0.39, 0.29) is 17.6 Å².